The van der Waals surface area contributed by atoms with Gasteiger partial charge in [0.25, 0.3) is 0 Å². The summed E-state index contributed by atoms with van der Waals surface area (Å²) < 4.78 is 24.5. The third kappa shape index (κ3) is 6.03. The minimum Gasteiger partial charge on any atom is -0.491 e. The molecule has 1 rings (SSSR count). The van der Waals surface area contributed by atoms with Gasteiger partial charge in [0.05, 0.1) is 6.61 Å². The molecule has 0 aromatic heterocycles. The molecule has 1 aromatic carbocycles. The van der Waals surface area contributed by atoms with Crippen LogP contribution in [-0.4, -0.2) is 19.8 Å². The summed E-state index contributed by atoms with van der Waals surface area (Å²) >= 11 is 0. The molecule has 19 heavy (non-hydrogen) atoms. The van der Waals surface area contributed by atoms with Crippen LogP contribution in [0.5, 0.6) is 5.75 Å². The van der Waals surface area contributed by atoms with Crippen molar-refractivity contribution in [3.63, 3.8) is 0 Å². The van der Waals surface area contributed by atoms with E-state index in [0.717, 1.165) is 13.0 Å². The minimum atomic E-state index is -0.326. The highest BCUT2D eigenvalue weighted by atomic mass is 19.1. The number of nitrogens with two attached hydrogens (primary N) is 1. The standard InChI is InChI=1S/C15H24FNO2/c1-11(2)6-7-18-8-9-19-13-4-5-14(12(3)17)15(16)10-13/h4-5,10-12H,6-9,17H2,1-3H3. The van der Waals surface area contributed by atoms with Crippen LogP contribution >= 0.6 is 0 Å². The summed E-state index contributed by atoms with van der Waals surface area (Å²) in [7, 11) is 0. The zero-order valence-electron chi connectivity index (χ0n) is 12.0. The lowest BCUT2D eigenvalue weighted by atomic mass is 10.1. The van der Waals surface area contributed by atoms with Gasteiger partial charge in [0.2, 0.25) is 0 Å². The molecule has 108 valence electrons. The smallest absolute Gasteiger partial charge is 0.131 e. The molecule has 4 heteroatoms. The second-order valence-electron chi connectivity index (χ2n) is 5.12. The Morgan fingerprint density at radius 1 is 1.16 bits per heavy atom. The summed E-state index contributed by atoms with van der Waals surface area (Å²) in [5, 5.41) is 0. The summed E-state index contributed by atoms with van der Waals surface area (Å²) in [6.45, 7) is 7.74. The van der Waals surface area contributed by atoms with Crippen LogP contribution in [0.15, 0.2) is 18.2 Å². The van der Waals surface area contributed by atoms with E-state index in [-0.39, 0.29) is 11.9 Å². The maximum atomic E-state index is 13.6. The highest BCUT2D eigenvalue weighted by molar-refractivity contribution is 5.30. The number of ether oxygens (including phenoxy) is 2. The van der Waals surface area contributed by atoms with Gasteiger partial charge >= 0.3 is 0 Å². The second kappa shape index (κ2) is 8.12. The lowest BCUT2D eigenvalue weighted by Gasteiger charge is -2.11. The van der Waals surface area contributed by atoms with Crippen molar-refractivity contribution in [3.8, 4) is 5.75 Å². The quantitative estimate of drug-likeness (QED) is 0.736. The minimum absolute atomic E-state index is 0.312. The zero-order valence-corrected chi connectivity index (χ0v) is 12.0. The fourth-order valence-electron chi connectivity index (χ4n) is 1.61. The second-order valence-corrected chi connectivity index (χ2v) is 5.12. The van der Waals surface area contributed by atoms with Crippen LogP contribution in [0, 0.1) is 11.7 Å². The van der Waals surface area contributed by atoms with E-state index < -0.39 is 0 Å². The average molecular weight is 269 g/mol. The Morgan fingerprint density at radius 3 is 2.47 bits per heavy atom. The third-order valence-electron chi connectivity index (χ3n) is 2.80. The summed E-state index contributed by atoms with van der Waals surface area (Å²) in [5.74, 6) is 0.823. The van der Waals surface area contributed by atoms with E-state index in [2.05, 4.69) is 13.8 Å². The van der Waals surface area contributed by atoms with Gasteiger partial charge in [0, 0.05) is 24.3 Å². The first-order chi connectivity index (χ1) is 9.00. The molecule has 0 aliphatic heterocycles. The average Bonchev–Trinajstić information content (AvgIpc) is 2.32. The lowest BCUT2D eigenvalue weighted by molar-refractivity contribution is 0.0924. The van der Waals surface area contributed by atoms with Gasteiger partial charge in [-0.3, -0.25) is 0 Å². The van der Waals surface area contributed by atoms with Crippen molar-refractivity contribution in [1.82, 2.24) is 0 Å². The Labute approximate surface area is 114 Å². The van der Waals surface area contributed by atoms with E-state index in [4.69, 9.17) is 15.2 Å². The number of halogens is 1. The Morgan fingerprint density at radius 2 is 1.89 bits per heavy atom. The highest BCUT2D eigenvalue weighted by Crippen LogP contribution is 2.20. The first-order valence-electron chi connectivity index (χ1n) is 6.76. The molecule has 0 heterocycles. The molecule has 2 N–H and O–H groups in total. The number of hydrogen-bond acceptors (Lipinski definition) is 3. The maximum absolute atomic E-state index is 13.6. The van der Waals surface area contributed by atoms with Crippen molar-refractivity contribution in [2.45, 2.75) is 33.2 Å². The largest absolute Gasteiger partial charge is 0.491 e. The summed E-state index contributed by atoms with van der Waals surface area (Å²) in [6, 6.07) is 4.45. The number of benzene rings is 1. The molecule has 1 aromatic rings. The van der Waals surface area contributed by atoms with Crippen LogP contribution in [0.3, 0.4) is 0 Å². The lowest BCUT2D eigenvalue weighted by Crippen LogP contribution is -2.10. The van der Waals surface area contributed by atoms with Gasteiger partial charge in [-0.25, -0.2) is 4.39 Å². The fraction of sp³-hybridized carbons (Fsp3) is 0.600. The highest BCUT2D eigenvalue weighted by Gasteiger charge is 2.07. The molecule has 0 fully saturated rings. The predicted molar refractivity (Wildman–Crippen MR) is 74.8 cm³/mol. The van der Waals surface area contributed by atoms with Crippen LogP contribution in [0.4, 0.5) is 4.39 Å². The van der Waals surface area contributed by atoms with Crippen LogP contribution in [0.1, 0.15) is 38.8 Å². The van der Waals surface area contributed by atoms with Gasteiger partial charge in [0.1, 0.15) is 18.2 Å². The zero-order chi connectivity index (χ0) is 14.3. The Kier molecular flexibility index (Phi) is 6.81. The van der Waals surface area contributed by atoms with E-state index >= 15 is 0 Å². The molecule has 0 aliphatic carbocycles. The maximum Gasteiger partial charge on any atom is 0.131 e. The molecule has 0 bridgehead atoms. The molecule has 3 nitrogen and oxygen atoms in total. The Hall–Kier alpha value is -1.13. The van der Waals surface area contributed by atoms with E-state index in [9.17, 15) is 4.39 Å². The van der Waals surface area contributed by atoms with Crippen molar-refractivity contribution in [2.24, 2.45) is 11.7 Å². The summed E-state index contributed by atoms with van der Waals surface area (Å²) in [5.41, 5.74) is 6.14. The predicted octanol–water partition coefficient (Wildman–Crippen LogP) is 3.29. The first-order valence-corrected chi connectivity index (χ1v) is 6.76. The van der Waals surface area contributed by atoms with Crippen molar-refractivity contribution >= 4 is 0 Å². The third-order valence-corrected chi connectivity index (χ3v) is 2.80. The van der Waals surface area contributed by atoms with Gasteiger partial charge in [-0.15, -0.1) is 0 Å². The van der Waals surface area contributed by atoms with Gasteiger partial charge in [-0.2, -0.15) is 0 Å². The molecule has 0 radical (unpaired) electrons. The molecule has 0 saturated heterocycles. The molecular formula is C15H24FNO2. The molecule has 1 atom stereocenters. The Bertz CT molecular complexity index is 380. The van der Waals surface area contributed by atoms with Crippen molar-refractivity contribution in [1.29, 1.82) is 0 Å². The monoisotopic (exact) mass is 269 g/mol. The molecule has 0 amide bonds. The van der Waals surface area contributed by atoms with E-state index in [1.807, 2.05) is 0 Å². The van der Waals surface area contributed by atoms with Crippen LogP contribution in [0.25, 0.3) is 0 Å². The van der Waals surface area contributed by atoms with Gasteiger partial charge < -0.3 is 15.2 Å². The summed E-state index contributed by atoms with van der Waals surface area (Å²) in [4.78, 5) is 0. The normalized spacial score (nSPS) is 12.7. The van der Waals surface area contributed by atoms with E-state index in [1.54, 1.807) is 19.1 Å². The first kappa shape index (κ1) is 15.9. The van der Waals surface area contributed by atoms with Crippen molar-refractivity contribution in [2.75, 3.05) is 19.8 Å². The van der Waals surface area contributed by atoms with Gasteiger partial charge in [0.15, 0.2) is 0 Å². The van der Waals surface area contributed by atoms with E-state index in [0.29, 0.717) is 30.4 Å². The Balaban J connectivity index is 2.28. The summed E-state index contributed by atoms with van der Waals surface area (Å²) in [6.07, 6.45) is 1.04. The molecule has 0 saturated carbocycles. The topological polar surface area (TPSA) is 44.5 Å². The van der Waals surface area contributed by atoms with Gasteiger partial charge in [-0.1, -0.05) is 19.9 Å². The molecule has 0 spiro atoms. The fourth-order valence-corrected chi connectivity index (χ4v) is 1.61. The van der Waals surface area contributed by atoms with Crippen molar-refractivity contribution in [3.05, 3.63) is 29.6 Å². The van der Waals surface area contributed by atoms with Crippen LogP contribution < -0.4 is 10.5 Å². The molecule has 0 aliphatic rings. The van der Waals surface area contributed by atoms with Crippen LogP contribution in [0.2, 0.25) is 0 Å². The van der Waals surface area contributed by atoms with Crippen LogP contribution in [-0.2, 0) is 4.74 Å². The van der Waals surface area contributed by atoms with Gasteiger partial charge in [-0.05, 0) is 25.3 Å². The SMILES string of the molecule is CC(C)CCOCCOc1ccc(C(C)N)c(F)c1. The van der Waals surface area contributed by atoms with E-state index in [1.165, 1.54) is 6.07 Å². The number of hydrogen-bond donors (Lipinski definition) is 1. The van der Waals surface area contributed by atoms with Crippen molar-refractivity contribution < 1.29 is 13.9 Å². The molecular weight excluding hydrogens is 245 g/mol. The number of rotatable bonds is 8. The molecule has 1 unspecified atom stereocenters.